The molecule has 1 unspecified atom stereocenters. The van der Waals surface area contributed by atoms with Crippen molar-refractivity contribution >= 4 is 22.6 Å². The molecule has 7 heteroatoms. The number of aromatic nitrogens is 2. The summed E-state index contributed by atoms with van der Waals surface area (Å²) in [7, 11) is 0. The molecule has 1 aromatic heterocycles. The van der Waals surface area contributed by atoms with Gasteiger partial charge in [0, 0.05) is 49.5 Å². The molecular weight excluding hydrogens is 351 g/mol. The summed E-state index contributed by atoms with van der Waals surface area (Å²) in [4.78, 5) is 21.4. The van der Waals surface area contributed by atoms with Crippen LogP contribution in [-0.4, -0.2) is 45.8 Å². The SMILES string of the molecule is CC1CN(c2nc(Cc3ccc(F)cc3)ns2)CCN1C(=O)C1CCC1. The predicted octanol–water partition coefficient (Wildman–Crippen LogP) is 3.11. The maximum absolute atomic E-state index is 13.0. The zero-order chi connectivity index (χ0) is 18.1. The molecule has 1 aliphatic heterocycles. The summed E-state index contributed by atoms with van der Waals surface area (Å²) in [5.74, 6) is 1.12. The second kappa shape index (κ2) is 7.31. The summed E-state index contributed by atoms with van der Waals surface area (Å²) >= 11 is 1.40. The zero-order valence-corrected chi connectivity index (χ0v) is 15.7. The zero-order valence-electron chi connectivity index (χ0n) is 14.9. The van der Waals surface area contributed by atoms with Crippen molar-refractivity contribution in [2.24, 2.45) is 5.92 Å². The van der Waals surface area contributed by atoms with Gasteiger partial charge < -0.3 is 9.80 Å². The van der Waals surface area contributed by atoms with Crippen LogP contribution in [0.15, 0.2) is 24.3 Å². The maximum Gasteiger partial charge on any atom is 0.226 e. The molecule has 2 heterocycles. The van der Waals surface area contributed by atoms with Gasteiger partial charge in [0.2, 0.25) is 11.0 Å². The molecule has 5 nitrogen and oxygen atoms in total. The van der Waals surface area contributed by atoms with Gasteiger partial charge in [-0.2, -0.15) is 4.37 Å². The van der Waals surface area contributed by atoms with Gasteiger partial charge in [-0.15, -0.1) is 0 Å². The van der Waals surface area contributed by atoms with Crippen LogP contribution in [0.3, 0.4) is 0 Å². The number of amides is 1. The number of halogens is 1. The maximum atomic E-state index is 13.0. The first-order valence-corrected chi connectivity index (χ1v) is 10.00. The Labute approximate surface area is 157 Å². The van der Waals surface area contributed by atoms with Crippen molar-refractivity contribution in [1.82, 2.24) is 14.3 Å². The van der Waals surface area contributed by atoms with Crippen molar-refractivity contribution in [1.29, 1.82) is 0 Å². The van der Waals surface area contributed by atoms with E-state index < -0.39 is 0 Å². The smallest absolute Gasteiger partial charge is 0.226 e. The van der Waals surface area contributed by atoms with E-state index in [4.69, 9.17) is 0 Å². The van der Waals surface area contributed by atoms with Gasteiger partial charge in [0.05, 0.1) is 0 Å². The molecule has 0 bridgehead atoms. The van der Waals surface area contributed by atoms with Gasteiger partial charge in [0.25, 0.3) is 0 Å². The van der Waals surface area contributed by atoms with E-state index in [0.29, 0.717) is 12.3 Å². The van der Waals surface area contributed by atoms with Crippen molar-refractivity contribution in [3.05, 3.63) is 41.5 Å². The Bertz CT molecular complexity index is 774. The second-order valence-corrected chi connectivity index (χ2v) is 7.98. The van der Waals surface area contributed by atoms with Crippen LogP contribution in [0.1, 0.15) is 37.6 Å². The topological polar surface area (TPSA) is 49.3 Å². The molecule has 1 saturated carbocycles. The standard InChI is InChI=1S/C19H23FN4OS/c1-13-12-23(9-10-24(13)18(25)15-3-2-4-15)19-21-17(22-26-19)11-14-5-7-16(20)8-6-14/h5-8,13,15H,2-4,9-12H2,1H3. The number of carbonyl (C=O) groups excluding carboxylic acids is 1. The molecule has 2 aromatic rings. The fourth-order valence-corrected chi connectivity index (χ4v) is 4.30. The number of benzene rings is 1. The molecule has 1 aromatic carbocycles. The van der Waals surface area contributed by atoms with E-state index in [-0.39, 0.29) is 17.8 Å². The Morgan fingerprint density at radius 1 is 1.27 bits per heavy atom. The molecule has 138 valence electrons. The molecule has 1 amide bonds. The molecule has 0 N–H and O–H groups in total. The predicted molar refractivity (Wildman–Crippen MR) is 99.8 cm³/mol. The van der Waals surface area contributed by atoms with Crippen LogP contribution in [-0.2, 0) is 11.2 Å². The third-order valence-corrected chi connectivity index (χ3v) is 6.18. The first kappa shape index (κ1) is 17.4. The average Bonchev–Trinajstić information content (AvgIpc) is 3.04. The van der Waals surface area contributed by atoms with Crippen molar-refractivity contribution < 1.29 is 9.18 Å². The molecule has 0 spiro atoms. The Kier molecular flexibility index (Phi) is 4.89. The minimum Gasteiger partial charge on any atom is -0.343 e. The highest BCUT2D eigenvalue weighted by molar-refractivity contribution is 7.09. The van der Waals surface area contributed by atoms with Gasteiger partial charge in [-0.05, 0) is 37.5 Å². The molecule has 1 atom stereocenters. The van der Waals surface area contributed by atoms with E-state index in [9.17, 15) is 9.18 Å². The summed E-state index contributed by atoms with van der Waals surface area (Å²) < 4.78 is 17.5. The number of rotatable bonds is 4. The first-order chi connectivity index (χ1) is 12.6. The van der Waals surface area contributed by atoms with E-state index in [1.165, 1.54) is 30.1 Å². The van der Waals surface area contributed by atoms with Gasteiger partial charge in [-0.3, -0.25) is 4.79 Å². The van der Waals surface area contributed by atoms with Gasteiger partial charge in [0.1, 0.15) is 11.6 Å². The summed E-state index contributed by atoms with van der Waals surface area (Å²) in [5.41, 5.74) is 1.00. The number of carbonyl (C=O) groups is 1. The van der Waals surface area contributed by atoms with Crippen LogP contribution in [0.4, 0.5) is 9.52 Å². The Balaban J connectivity index is 1.37. The molecule has 2 fully saturated rings. The molecule has 4 rings (SSSR count). The lowest BCUT2D eigenvalue weighted by Crippen LogP contribution is -2.56. The van der Waals surface area contributed by atoms with Crippen LogP contribution in [0.25, 0.3) is 0 Å². The largest absolute Gasteiger partial charge is 0.343 e. The van der Waals surface area contributed by atoms with E-state index in [2.05, 4.69) is 21.2 Å². The number of hydrogen-bond donors (Lipinski definition) is 0. The van der Waals surface area contributed by atoms with Crippen molar-refractivity contribution in [3.63, 3.8) is 0 Å². The minimum atomic E-state index is -0.232. The fraction of sp³-hybridized carbons (Fsp3) is 0.526. The monoisotopic (exact) mass is 374 g/mol. The lowest BCUT2D eigenvalue weighted by Gasteiger charge is -2.42. The highest BCUT2D eigenvalue weighted by Gasteiger charge is 2.35. The van der Waals surface area contributed by atoms with E-state index in [1.54, 1.807) is 12.1 Å². The quantitative estimate of drug-likeness (QED) is 0.825. The summed E-state index contributed by atoms with van der Waals surface area (Å²) in [5, 5.41) is 0.907. The molecule has 1 aliphatic carbocycles. The Morgan fingerprint density at radius 3 is 2.69 bits per heavy atom. The molecule has 26 heavy (non-hydrogen) atoms. The molecular formula is C19H23FN4OS. The van der Waals surface area contributed by atoms with Gasteiger partial charge in [-0.1, -0.05) is 18.6 Å². The number of anilines is 1. The summed E-state index contributed by atoms with van der Waals surface area (Å²) in [6.45, 7) is 4.46. The van der Waals surface area contributed by atoms with E-state index in [0.717, 1.165) is 49.0 Å². The van der Waals surface area contributed by atoms with Crippen LogP contribution < -0.4 is 4.90 Å². The van der Waals surface area contributed by atoms with E-state index >= 15 is 0 Å². The Morgan fingerprint density at radius 2 is 2.04 bits per heavy atom. The first-order valence-electron chi connectivity index (χ1n) is 9.22. The van der Waals surface area contributed by atoms with Crippen LogP contribution in [0.5, 0.6) is 0 Å². The Hall–Kier alpha value is -2.02. The number of piperazine rings is 1. The lowest BCUT2D eigenvalue weighted by molar-refractivity contribution is -0.140. The van der Waals surface area contributed by atoms with Gasteiger partial charge >= 0.3 is 0 Å². The average molecular weight is 374 g/mol. The highest BCUT2D eigenvalue weighted by Crippen LogP contribution is 2.30. The third-order valence-electron chi connectivity index (χ3n) is 5.37. The molecule has 0 radical (unpaired) electrons. The molecule has 2 aliphatic rings. The fourth-order valence-electron chi connectivity index (χ4n) is 3.58. The van der Waals surface area contributed by atoms with Crippen LogP contribution in [0, 0.1) is 11.7 Å². The third kappa shape index (κ3) is 3.58. The van der Waals surface area contributed by atoms with Gasteiger partial charge in [0.15, 0.2) is 0 Å². The van der Waals surface area contributed by atoms with Gasteiger partial charge in [-0.25, -0.2) is 9.37 Å². The number of hydrogen-bond acceptors (Lipinski definition) is 5. The summed E-state index contributed by atoms with van der Waals surface area (Å²) in [6, 6.07) is 6.65. The molecule has 1 saturated heterocycles. The minimum absolute atomic E-state index is 0.196. The van der Waals surface area contributed by atoms with Crippen molar-refractivity contribution in [3.8, 4) is 0 Å². The summed E-state index contributed by atoms with van der Waals surface area (Å²) in [6.07, 6.45) is 3.89. The highest BCUT2D eigenvalue weighted by atomic mass is 32.1. The van der Waals surface area contributed by atoms with Crippen LogP contribution >= 0.6 is 11.5 Å². The van der Waals surface area contributed by atoms with Crippen LogP contribution in [0.2, 0.25) is 0 Å². The second-order valence-electron chi connectivity index (χ2n) is 7.25. The van der Waals surface area contributed by atoms with Crippen molar-refractivity contribution in [2.75, 3.05) is 24.5 Å². The normalized spacial score (nSPS) is 20.9. The number of nitrogens with zero attached hydrogens (tertiary/aromatic N) is 4. The van der Waals surface area contributed by atoms with Crippen molar-refractivity contribution in [2.45, 2.75) is 38.6 Å². The lowest BCUT2D eigenvalue weighted by atomic mass is 9.84. The van der Waals surface area contributed by atoms with E-state index in [1.807, 2.05) is 4.90 Å².